The van der Waals surface area contributed by atoms with E-state index < -0.39 is 0 Å². The summed E-state index contributed by atoms with van der Waals surface area (Å²) < 4.78 is 9.45. The Bertz CT molecular complexity index is 1560. The molecule has 1 fully saturated rings. The highest BCUT2D eigenvalue weighted by Crippen LogP contribution is 2.34. The van der Waals surface area contributed by atoms with E-state index in [1.807, 2.05) is 71.6 Å². The van der Waals surface area contributed by atoms with Crippen LogP contribution in [0.2, 0.25) is 0 Å². The minimum Gasteiger partial charge on any atom is -0.493 e. The molecule has 1 aliphatic rings. The molecule has 180 valence electrons. The van der Waals surface area contributed by atoms with E-state index in [2.05, 4.69) is 44.8 Å². The molecule has 0 aliphatic carbocycles. The number of anilines is 1. The van der Waals surface area contributed by atoms with Gasteiger partial charge >= 0.3 is 0 Å². The predicted molar refractivity (Wildman–Crippen MR) is 148 cm³/mol. The summed E-state index contributed by atoms with van der Waals surface area (Å²) in [6.45, 7) is 2.01. The zero-order valence-corrected chi connectivity index (χ0v) is 21.4. The van der Waals surface area contributed by atoms with Crippen molar-refractivity contribution in [3.63, 3.8) is 0 Å². The largest absolute Gasteiger partial charge is 0.493 e. The van der Waals surface area contributed by atoms with Gasteiger partial charge in [-0.2, -0.15) is 0 Å². The van der Waals surface area contributed by atoms with Gasteiger partial charge in [-0.15, -0.1) is 0 Å². The van der Waals surface area contributed by atoms with E-state index in [0.717, 1.165) is 51.1 Å². The topological polar surface area (TPSA) is 47.4 Å². The van der Waals surface area contributed by atoms with E-state index in [1.165, 1.54) is 5.39 Å². The van der Waals surface area contributed by atoms with Crippen LogP contribution in [-0.2, 0) is 11.3 Å². The minimum atomic E-state index is 0.0443. The average Bonchev–Trinajstić information content (AvgIpc) is 3.47. The van der Waals surface area contributed by atoms with Crippen LogP contribution in [0, 0.1) is 0 Å². The van der Waals surface area contributed by atoms with Gasteiger partial charge in [-0.1, -0.05) is 70.5 Å². The third-order valence-electron chi connectivity index (χ3n) is 6.83. The van der Waals surface area contributed by atoms with Crippen molar-refractivity contribution in [2.45, 2.75) is 25.3 Å². The molecule has 1 aliphatic heterocycles. The van der Waals surface area contributed by atoms with Crippen molar-refractivity contribution in [3.05, 3.63) is 101 Å². The number of rotatable bonds is 7. The summed E-state index contributed by atoms with van der Waals surface area (Å²) in [7, 11) is 0. The molecule has 4 aromatic carbocycles. The molecule has 0 saturated carbocycles. The minimum absolute atomic E-state index is 0.0443. The molecular formula is C30H26BrN3O2. The molecular weight excluding hydrogens is 514 g/mol. The van der Waals surface area contributed by atoms with Crippen LogP contribution in [0.25, 0.3) is 21.8 Å². The van der Waals surface area contributed by atoms with E-state index in [-0.39, 0.29) is 11.8 Å². The fourth-order valence-electron chi connectivity index (χ4n) is 5.14. The Hall–Kier alpha value is -3.64. The highest BCUT2D eigenvalue weighted by molar-refractivity contribution is 9.10. The Kier molecular flexibility index (Phi) is 6.20. The van der Waals surface area contributed by atoms with E-state index in [9.17, 15) is 4.79 Å². The quantitative estimate of drug-likeness (QED) is 0.210. The number of carbonyl (C=O) groups is 1. The van der Waals surface area contributed by atoms with E-state index in [0.29, 0.717) is 19.6 Å². The van der Waals surface area contributed by atoms with Crippen molar-refractivity contribution in [2.75, 3.05) is 18.1 Å². The molecule has 1 amide bonds. The number of aromatic nitrogens is 2. The van der Waals surface area contributed by atoms with E-state index >= 15 is 0 Å². The van der Waals surface area contributed by atoms with Crippen LogP contribution in [0.1, 0.15) is 24.6 Å². The highest BCUT2D eigenvalue weighted by atomic mass is 79.9. The lowest BCUT2D eigenvalue weighted by molar-refractivity contribution is -0.117. The number of halogens is 1. The Labute approximate surface area is 218 Å². The number of imidazole rings is 1. The molecule has 0 bridgehead atoms. The third-order valence-corrected chi connectivity index (χ3v) is 7.32. The third kappa shape index (κ3) is 4.37. The fourth-order valence-corrected chi connectivity index (χ4v) is 5.53. The molecule has 1 atom stereocenters. The number of hydrogen-bond donors (Lipinski definition) is 0. The summed E-state index contributed by atoms with van der Waals surface area (Å²) in [5.41, 5.74) is 2.99. The van der Waals surface area contributed by atoms with Crippen molar-refractivity contribution in [1.82, 2.24) is 9.55 Å². The van der Waals surface area contributed by atoms with Crippen molar-refractivity contribution in [1.29, 1.82) is 0 Å². The smallest absolute Gasteiger partial charge is 0.227 e. The van der Waals surface area contributed by atoms with Gasteiger partial charge in [0.2, 0.25) is 5.91 Å². The summed E-state index contributed by atoms with van der Waals surface area (Å²) in [5, 5.41) is 2.31. The Balaban J connectivity index is 1.21. The van der Waals surface area contributed by atoms with E-state index in [1.54, 1.807) is 0 Å². The van der Waals surface area contributed by atoms with Gasteiger partial charge in [0.05, 0.1) is 17.6 Å². The van der Waals surface area contributed by atoms with Gasteiger partial charge in [0.25, 0.3) is 0 Å². The van der Waals surface area contributed by atoms with Crippen LogP contribution < -0.4 is 9.64 Å². The van der Waals surface area contributed by atoms with Gasteiger partial charge in [0.15, 0.2) is 0 Å². The summed E-state index contributed by atoms with van der Waals surface area (Å²) in [5.74, 6) is 2.07. The first-order valence-electron chi connectivity index (χ1n) is 12.3. The van der Waals surface area contributed by atoms with Gasteiger partial charge in [-0.05, 0) is 48.2 Å². The Morgan fingerprint density at radius 1 is 0.944 bits per heavy atom. The van der Waals surface area contributed by atoms with Crippen molar-refractivity contribution < 1.29 is 9.53 Å². The maximum absolute atomic E-state index is 13.0. The molecule has 2 heterocycles. The van der Waals surface area contributed by atoms with Crippen molar-refractivity contribution >= 4 is 49.3 Å². The molecule has 0 N–H and O–H groups in total. The SMILES string of the molecule is O=C1CC(c2nc3ccccc3n2CCCOc2cccc3ccccc23)CN1c1cccc(Br)c1. The zero-order chi connectivity index (χ0) is 24.5. The second-order valence-electron chi connectivity index (χ2n) is 9.17. The van der Waals surface area contributed by atoms with Gasteiger partial charge in [0, 0.05) is 41.0 Å². The standard InChI is InChI=1S/C30H26BrN3O2/c31-23-10-6-11-24(19-23)34-20-22(18-29(34)35)30-32-26-13-3-4-14-27(26)33(30)16-7-17-36-28-15-5-9-21-8-1-2-12-25(21)28/h1-6,8-15,19,22H,7,16-18,20H2. The maximum Gasteiger partial charge on any atom is 0.227 e. The number of fused-ring (bicyclic) bond motifs is 2. The predicted octanol–water partition coefficient (Wildman–Crippen LogP) is 6.94. The van der Waals surface area contributed by atoms with Gasteiger partial charge in [-0.3, -0.25) is 4.79 Å². The fraction of sp³-hybridized carbons (Fsp3) is 0.200. The summed E-state index contributed by atoms with van der Waals surface area (Å²) in [6, 6.07) is 30.6. The normalized spacial score (nSPS) is 15.8. The van der Waals surface area contributed by atoms with Gasteiger partial charge in [0.1, 0.15) is 11.6 Å². The number of nitrogens with zero attached hydrogens (tertiary/aromatic N) is 3. The molecule has 5 aromatic rings. The van der Waals surface area contributed by atoms with Crippen LogP contribution in [0.4, 0.5) is 5.69 Å². The van der Waals surface area contributed by atoms with Crippen LogP contribution in [0.5, 0.6) is 5.75 Å². The molecule has 36 heavy (non-hydrogen) atoms. The summed E-state index contributed by atoms with van der Waals surface area (Å²) in [4.78, 5) is 19.8. The Morgan fingerprint density at radius 3 is 2.67 bits per heavy atom. The second-order valence-corrected chi connectivity index (χ2v) is 10.1. The van der Waals surface area contributed by atoms with Crippen molar-refractivity contribution in [2.24, 2.45) is 0 Å². The summed E-state index contributed by atoms with van der Waals surface area (Å²) >= 11 is 3.52. The number of ether oxygens (including phenoxy) is 1. The number of hydrogen-bond acceptors (Lipinski definition) is 3. The second kappa shape index (κ2) is 9.78. The molecule has 0 radical (unpaired) electrons. The molecule has 1 saturated heterocycles. The summed E-state index contributed by atoms with van der Waals surface area (Å²) in [6.07, 6.45) is 1.30. The lowest BCUT2D eigenvalue weighted by atomic mass is 10.1. The zero-order valence-electron chi connectivity index (χ0n) is 19.8. The lowest BCUT2D eigenvalue weighted by Crippen LogP contribution is -2.24. The monoisotopic (exact) mass is 539 g/mol. The molecule has 1 unspecified atom stereocenters. The first kappa shape index (κ1) is 22.8. The maximum atomic E-state index is 13.0. The van der Waals surface area contributed by atoms with Gasteiger partial charge < -0.3 is 14.2 Å². The number of carbonyl (C=O) groups excluding carboxylic acids is 1. The molecule has 6 rings (SSSR count). The number of para-hydroxylation sites is 2. The molecule has 5 nitrogen and oxygen atoms in total. The van der Waals surface area contributed by atoms with Gasteiger partial charge in [-0.25, -0.2) is 4.98 Å². The van der Waals surface area contributed by atoms with Crippen LogP contribution in [0.3, 0.4) is 0 Å². The number of aryl methyl sites for hydroxylation is 1. The number of amides is 1. The average molecular weight is 540 g/mol. The van der Waals surface area contributed by atoms with Crippen LogP contribution in [0.15, 0.2) is 95.5 Å². The molecule has 0 spiro atoms. The highest BCUT2D eigenvalue weighted by Gasteiger charge is 2.34. The van der Waals surface area contributed by atoms with Crippen LogP contribution >= 0.6 is 15.9 Å². The molecule has 1 aromatic heterocycles. The lowest BCUT2D eigenvalue weighted by Gasteiger charge is -2.18. The number of benzene rings is 4. The van der Waals surface area contributed by atoms with E-state index in [4.69, 9.17) is 9.72 Å². The van der Waals surface area contributed by atoms with Crippen LogP contribution in [-0.4, -0.2) is 28.6 Å². The first-order chi connectivity index (χ1) is 17.7. The first-order valence-corrected chi connectivity index (χ1v) is 13.1. The van der Waals surface area contributed by atoms with Crippen molar-refractivity contribution in [3.8, 4) is 5.75 Å². The Morgan fingerprint density at radius 2 is 1.75 bits per heavy atom. The molecule has 6 heteroatoms.